The summed E-state index contributed by atoms with van der Waals surface area (Å²) in [4.78, 5) is 11.6. The van der Waals surface area contributed by atoms with E-state index in [0.29, 0.717) is 17.3 Å². The van der Waals surface area contributed by atoms with E-state index in [4.69, 9.17) is 11.6 Å². The van der Waals surface area contributed by atoms with Crippen LogP contribution < -0.4 is 5.32 Å². The van der Waals surface area contributed by atoms with E-state index in [-0.39, 0.29) is 5.56 Å². The molecule has 6 heteroatoms. The van der Waals surface area contributed by atoms with Crippen LogP contribution >= 0.6 is 27.5 Å². The highest BCUT2D eigenvalue weighted by Crippen LogP contribution is 2.24. The minimum Gasteiger partial charge on any atom is -0.465 e. The van der Waals surface area contributed by atoms with Crippen LogP contribution in [0.25, 0.3) is 0 Å². The van der Waals surface area contributed by atoms with Crippen molar-refractivity contribution in [3.05, 3.63) is 62.8 Å². The van der Waals surface area contributed by atoms with Crippen LogP contribution in [0.2, 0.25) is 5.02 Å². The van der Waals surface area contributed by atoms with Gasteiger partial charge in [-0.1, -0.05) is 17.7 Å². The van der Waals surface area contributed by atoms with Crippen LogP contribution in [-0.2, 0) is 11.3 Å². The number of esters is 1. The highest BCUT2D eigenvalue weighted by Gasteiger charge is 2.12. The third-order valence-electron chi connectivity index (χ3n) is 2.85. The molecule has 0 saturated heterocycles. The molecule has 21 heavy (non-hydrogen) atoms. The van der Waals surface area contributed by atoms with Crippen molar-refractivity contribution in [2.24, 2.45) is 0 Å². The molecular weight excluding hydrogens is 361 g/mol. The third kappa shape index (κ3) is 3.95. The Labute approximate surface area is 135 Å². The number of rotatable bonds is 4. The number of nitrogens with one attached hydrogen (secondary N) is 1. The molecule has 0 aromatic heterocycles. The number of methoxy groups -OCH3 is 1. The van der Waals surface area contributed by atoms with Gasteiger partial charge < -0.3 is 10.1 Å². The molecule has 110 valence electrons. The number of ether oxygens (including phenoxy) is 1. The molecule has 3 nitrogen and oxygen atoms in total. The Bertz CT molecular complexity index is 679. The van der Waals surface area contributed by atoms with Gasteiger partial charge in [-0.3, -0.25) is 0 Å². The average molecular weight is 373 g/mol. The summed E-state index contributed by atoms with van der Waals surface area (Å²) >= 11 is 9.33. The fourth-order valence-corrected chi connectivity index (χ4v) is 2.25. The quantitative estimate of drug-likeness (QED) is 0.795. The van der Waals surface area contributed by atoms with Crippen molar-refractivity contribution < 1.29 is 13.9 Å². The Hall–Kier alpha value is -1.59. The van der Waals surface area contributed by atoms with Gasteiger partial charge in [0.25, 0.3) is 0 Å². The van der Waals surface area contributed by atoms with E-state index in [0.717, 1.165) is 10.0 Å². The first kappa shape index (κ1) is 15.8. The second kappa shape index (κ2) is 6.91. The van der Waals surface area contributed by atoms with E-state index >= 15 is 0 Å². The van der Waals surface area contributed by atoms with Gasteiger partial charge in [0.2, 0.25) is 0 Å². The molecule has 0 amide bonds. The first-order chi connectivity index (χ1) is 10.0. The minimum atomic E-state index is -0.522. The van der Waals surface area contributed by atoms with Crippen LogP contribution in [0, 0.1) is 5.82 Å². The van der Waals surface area contributed by atoms with Crippen LogP contribution in [0.3, 0.4) is 0 Å². The van der Waals surface area contributed by atoms with E-state index in [1.165, 1.54) is 25.3 Å². The summed E-state index contributed by atoms with van der Waals surface area (Å²) in [6, 6.07) is 9.35. The molecule has 0 aliphatic heterocycles. The summed E-state index contributed by atoms with van der Waals surface area (Å²) in [5.41, 5.74) is 1.56. The van der Waals surface area contributed by atoms with Gasteiger partial charge in [-0.05, 0) is 51.8 Å². The zero-order valence-corrected chi connectivity index (χ0v) is 13.5. The summed E-state index contributed by atoms with van der Waals surface area (Å²) in [7, 11) is 1.28. The maximum absolute atomic E-state index is 13.3. The predicted octanol–water partition coefficient (Wildman–Crippen LogP) is 4.64. The summed E-state index contributed by atoms with van der Waals surface area (Å²) in [5, 5.41) is 3.60. The van der Waals surface area contributed by atoms with Crippen LogP contribution in [-0.4, -0.2) is 13.1 Å². The fraction of sp³-hybridized carbons (Fsp3) is 0.133. The number of halogens is 3. The topological polar surface area (TPSA) is 38.3 Å². The largest absolute Gasteiger partial charge is 0.465 e. The molecule has 0 aliphatic carbocycles. The van der Waals surface area contributed by atoms with Crippen LogP contribution in [0.5, 0.6) is 0 Å². The van der Waals surface area contributed by atoms with Gasteiger partial charge in [-0.15, -0.1) is 0 Å². The number of hydrogen-bond donors (Lipinski definition) is 1. The van der Waals surface area contributed by atoms with Crippen molar-refractivity contribution in [3.63, 3.8) is 0 Å². The Morgan fingerprint density at radius 2 is 2.10 bits per heavy atom. The summed E-state index contributed by atoms with van der Waals surface area (Å²) in [5.74, 6) is -0.953. The highest BCUT2D eigenvalue weighted by atomic mass is 79.9. The second-order valence-electron chi connectivity index (χ2n) is 4.28. The molecule has 0 bridgehead atoms. The van der Waals surface area contributed by atoms with Gasteiger partial charge in [0.05, 0.1) is 23.4 Å². The Balaban J connectivity index is 2.20. The van der Waals surface area contributed by atoms with E-state index < -0.39 is 11.8 Å². The molecular formula is C15H12BrClFNO2. The van der Waals surface area contributed by atoms with Crippen molar-refractivity contribution >= 4 is 39.2 Å². The molecule has 0 atom stereocenters. The molecule has 2 aromatic rings. The average Bonchev–Trinajstić information content (AvgIpc) is 2.48. The van der Waals surface area contributed by atoms with Gasteiger partial charge in [-0.2, -0.15) is 0 Å². The summed E-state index contributed by atoms with van der Waals surface area (Å²) in [6.45, 7) is 0.403. The molecule has 2 aromatic carbocycles. The molecule has 2 rings (SSSR count). The SMILES string of the molecule is COC(=O)c1ccc(F)cc1NCc1ccc(Br)c(Cl)c1. The normalized spacial score (nSPS) is 10.3. The van der Waals surface area contributed by atoms with Gasteiger partial charge in [0.15, 0.2) is 0 Å². The Morgan fingerprint density at radius 3 is 2.76 bits per heavy atom. The molecule has 0 saturated carbocycles. The van der Waals surface area contributed by atoms with Crippen LogP contribution in [0.1, 0.15) is 15.9 Å². The summed E-state index contributed by atoms with van der Waals surface area (Å²) in [6.07, 6.45) is 0. The van der Waals surface area contributed by atoms with Gasteiger partial charge >= 0.3 is 5.97 Å². The van der Waals surface area contributed by atoms with E-state index in [1.807, 2.05) is 12.1 Å². The maximum Gasteiger partial charge on any atom is 0.339 e. The Kier molecular flexibility index (Phi) is 5.20. The highest BCUT2D eigenvalue weighted by molar-refractivity contribution is 9.10. The van der Waals surface area contributed by atoms with Gasteiger partial charge in [0, 0.05) is 11.0 Å². The zero-order valence-electron chi connectivity index (χ0n) is 11.1. The first-order valence-electron chi connectivity index (χ1n) is 6.07. The summed E-state index contributed by atoms with van der Waals surface area (Å²) < 4.78 is 18.8. The van der Waals surface area contributed by atoms with Crippen molar-refractivity contribution in [1.82, 2.24) is 0 Å². The predicted molar refractivity (Wildman–Crippen MR) is 84.2 cm³/mol. The lowest BCUT2D eigenvalue weighted by molar-refractivity contribution is 0.0602. The first-order valence-corrected chi connectivity index (χ1v) is 7.24. The molecule has 0 heterocycles. The van der Waals surface area contributed by atoms with E-state index in [9.17, 15) is 9.18 Å². The third-order valence-corrected chi connectivity index (χ3v) is 4.09. The van der Waals surface area contributed by atoms with E-state index in [2.05, 4.69) is 26.0 Å². The number of anilines is 1. The Morgan fingerprint density at radius 1 is 1.33 bits per heavy atom. The fourth-order valence-electron chi connectivity index (χ4n) is 1.80. The van der Waals surface area contributed by atoms with Crippen LogP contribution in [0.15, 0.2) is 40.9 Å². The standard InChI is InChI=1S/C15H12BrClFNO2/c1-21-15(20)11-4-3-10(18)7-14(11)19-8-9-2-5-12(16)13(17)6-9/h2-7,19H,8H2,1H3. The maximum atomic E-state index is 13.3. The second-order valence-corrected chi connectivity index (χ2v) is 5.55. The van der Waals surface area contributed by atoms with E-state index in [1.54, 1.807) is 6.07 Å². The van der Waals surface area contributed by atoms with Gasteiger partial charge in [-0.25, -0.2) is 9.18 Å². The zero-order chi connectivity index (χ0) is 15.4. The lowest BCUT2D eigenvalue weighted by Crippen LogP contribution is -2.08. The van der Waals surface area contributed by atoms with Crippen molar-refractivity contribution in [3.8, 4) is 0 Å². The number of carbonyl (C=O) groups excluding carboxylic acids is 1. The molecule has 0 unspecified atom stereocenters. The molecule has 1 N–H and O–H groups in total. The minimum absolute atomic E-state index is 0.280. The molecule has 0 aliphatic rings. The number of hydrogen-bond acceptors (Lipinski definition) is 3. The smallest absolute Gasteiger partial charge is 0.339 e. The lowest BCUT2D eigenvalue weighted by atomic mass is 10.1. The van der Waals surface area contributed by atoms with Crippen molar-refractivity contribution in [2.75, 3.05) is 12.4 Å². The van der Waals surface area contributed by atoms with Gasteiger partial charge in [0.1, 0.15) is 5.82 Å². The van der Waals surface area contributed by atoms with Crippen molar-refractivity contribution in [2.45, 2.75) is 6.54 Å². The molecule has 0 radical (unpaired) electrons. The monoisotopic (exact) mass is 371 g/mol. The molecule has 0 fully saturated rings. The van der Waals surface area contributed by atoms with Crippen molar-refractivity contribution in [1.29, 1.82) is 0 Å². The number of carbonyl (C=O) groups is 1. The molecule has 0 spiro atoms. The van der Waals surface area contributed by atoms with Crippen LogP contribution in [0.4, 0.5) is 10.1 Å². The lowest BCUT2D eigenvalue weighted by Gasteiger charge is -2.11. The number of benzene rings is 2.